The summed E-state index contributed by atoms with van der Waals surface area (Å²) in [7, 11) is 1.76. The van der Waals surface area contributed by atoms with Crippen LogP contribution in [0.2, 0.25) is 5.02 Å². The van der Waals surface area contributed by atoms with E-state index in [4.69, 9.17) is 11.6 Å². The van der Waals surface area contributed by atoms with Gasteiger partial charge in [-0.2, -0.15) is 0 Å². The molecule has 0 radical (unpaired) electrons. The lowest BCUT2D eigenvalue weighted by atomic mass is 10.3. The Morgan fingerprint density at radius 1 is 1.60 bits per heavy atom. The van der Waals surface area contributed by atoms with Crippen LogP contribution in [0.5, 0.6) is 0 Å². The third kappa shape index (κ3) is 2.09. The first-order chi connectivity index (χ1) is 9.47. The van der Waals surface area contributed by atoms with Crippen LogP contribution in [-0.2, 0) is 11.8 Å². The number of hydrogen-bond acceptors (Lipinski definition) is 4. The van der Waals surface area contributed by atoms with Gasteiger partial charge in [0.25, 0.3) is 0 Å². The van der Waals surface area contributed by atoms with Gasteiger partial charge in [0.05, 0.1) is 11.0 Å². The van der Waals surface area contributed by atoms with Crippen LogP contribution in [-0.4, -0.2) is 26.4 Å². The summed E-state index contributed by atoms with van der Waals surface area (Å²) in [6.07, 6.45) is 0.286. The van der Waals surface area contributed by atoms with Gasteiger partial charge in [0.2, 0.25) is 17.9 Å². The zero-order valence-corrected chi connectivity index (χ0v) is 11.3. The summed E-state index contributed by atoms with van der Waals surface area (Å²) in [5, 5.41) is 13.8. The van der Waals surface area contributed by atoms with Crippen molar-refractivity contribution in [3.05, 3.63) is 33.3 Å². The van der Waals surface area contributed by atoms with E-state index in [0.29, 0.717) is 16.5 Å². The topological polar surface area (TPSA) is 90.1 Å². The van der Waals surface area contributed by atoms with Gasteiger partial charge in [-0.3, -0.25) is 20.2 Å². The summed E-state index contributed by atoms with van der Waals surface area (Å²) in [5.41, 5.74) is 1.49. The number of nitrogens with zero attached hydrogens (tertiary/aromatic N) is 3. The van der Waals surface area contributed by atoms with Crippen molar-refractivity contribution in [2.45, 2.75) is 12.5 Å². The number of hydrogen-bond donors (Lipinski definition) is 1. The molecule has 1 aromatic heterocycles. The molecule has 1 fully saturated rings. The minimum absolute atomic E-state index is 0.286. The molecule has 0 saturated heterocycles. The number of fused-ring (bicyclic) bond motifs is 1. The van der Waals surface area contributed by atoms with E-state index < -0.39 is 16.9 Å². The normalized spacial score (nSPS) is 20.9. The fourth-order valence-electron chi connectivity index (χ4n) is 2.18. The molecule has 20 heavy (non-hydrogen) atoms. The van der Waals surface area contributed by atoms with Gasteiger partial charge in [-0.15, -0.1) is 0 Å². The smallest absolute Gasteiger partial charge is 0.237 e. The summed E-state index contributed by atoms with van der Waals surface area (Å²) in [6.45, 7) is 0. The van der Waals surface area contributed by atoms with Gasteiger partial charge in [0, 0.05) is 23.4 Å². The van der Waals surface area contributed by atoms with E-state index in [1.165, 1.54) is 0 Å². The Morgan fingerprint density at radius 2 is 2.35 bits per heavy atom. The first-order valence-electron chi connectivity index (χ1n) is 6.03. The molecule has 0 unspecified atom stereocenters. The number of rotatable bonds is 3. The molecule has 7 nitrogen and oxygen atoms in total. The zero-order valence-electron chi connectivity index (χ0n) is 10.5. The van der Waals surface area contributed by atoms with Crippen molar-refractivity contribution in [2.75, 3.05) is 5.32 Å². The average molecular weight is 295 g/mol. The summed E-state index contributed by atoms with van der Waals surface area (Å²) in [4.78, 5) is 26.3. The van der Waals surface area contributed by atoms with Crippen molar-refractivity contribution < 1.29 is 9.72 Å². The molecule has 2 atom stereocenters. The van der Waals surface area contributed by atoms with Gasteiger partial charge in [0.1, 0.15) is 5.92 Å². The molecule has 1 saturated carbocycles. The van der Waals surface area contributed by atoms with E-state index in [2.05, 4.69) is 10.3 Å². The van der Waals surface area contributed by atoms with Crippen LogP contribution in [0.25, 0.3) is 11.0 Å². The van der Waals surface area contributed by atoms with Gasteiger partial charge >= 0.3 is 0 Å². The molecule has 0 bridgehead atoms. The summed E-state index contributed by atoms with van der Waals surface area (Å²) < 4.78 is 1.72. The van der Waals surface area contributed by atoms with Gasteiger partial charge in [-0.25, -0.2) is 4.98 Å². The third-order valence-corrected chi connectivity index (χ3v) is 3.68. The quantitative estimate of drug-likeness (QED) is 0.690. The predicted octanol–water partition coefficient (Wildman–Crippen LogP) is 1.83. The highest BCUT2D eigenvalue weighted by Crippen LogP contribution is 2.34. The molecule has 3 rings (SSSR count). The highest BCUT2D eigenvalue weighted by atomic mass is 35.5. The number of imidazole rings is 1. The number of carbonyl (C=O) groups is 1. The summed E-state index contributed by atoms with van der Waals surface area (Å²) >= 11 is 5.89. The zero-order chi connectivity index (χ0) is 14.4. The fourth-order valence-corrected chi connectivity index (χ4v) is 2.35. The van der Waals surface area contributed by atoms with Crippen LogP contribution in [0.4, 0.5) is 5.95 Å². The van der Waals surface area contributed by atoms with Crippen molar-refractivity contribution >= 4 is 34.5 Å². The number of benzene rings is 1. The van der Waals surface area contributed by atoms with Crippen LogP contribution < -0.4 is 5.32 Å². The van der Waals surface area contributed by atoms with Gasteiger partial charge < -0.3 is 4.57 Å². The van der Waals surface area contributed by atoms with Gasteiger partial charge in [-0.05, 0) is 18.2 Å². The van der Waals surface area contributed by atoms with E-state index in [9.17, 15) is 14.9 Å². The second kappa shape index (κ2) is 4.45. The number of nitro groups is 1. The lowest BCUT2D eigenvalue weighted by molar-refractivity contribution is -0.497. The molecule has 1 N–H and O–H groups in total. The second-order valence-corrected chi connectivity index (χ2v) is 5.25. The summed E-state index contributed by atoms with van der Waals surface area (Å²) in [5.74, 6) is -0.564. The molecule has 1 heterocycles. The standard InChI is InChI=1S/C12H11ClN4O3/c1-16-9-3-2-6(13)4-8(9)14-12(16)15-11(18)7-5-10(7)17(19)20/h2-4,7,10H,5H2,1H3,(H,14,15,18)/t7-,10-/m0/s1. The average Bonchev–Trinajstić information content (AvgIpc) is 3.12. The Labute approximate surface area is 118 Å². The Hall–Kier alpha value is -2.15. The number of aryl methyl sites for hydroxylation is 1. The summed E-state index contributed by atoms with van der Waals surface area (Å²) in [6, 6.07) is 4.47. The van der Waals surface area contributed by atoms with Gasteiger partial charge in [0.15, 0.2) is 0 Å². The predicted molar refractivity (Wildman–Crippen MR) is 73.2 cm³/mol. The Kier molecular flexibility index (Phi) is 2.86. The Balaban J connectivity index is 1.83. The van der Waals surface area contributed by atoms with Gasteiger partial charge in [-0.1, -0.05) is 11.6 Å². The number of anilines is 1. The molecule has 104 valence electrons. The first-order valence-corrected chi connectivity index (χ1v) is 6.41. The molecule has 1 aliphatic rings. The Morgan fingerprint density at radius 3 is 3.00 bits per heavy atom. The van der Waals surface area contributed by atoms with E-state index >= 15 is 0 Å². The van der Waals surface area contributed by atoms with E-state index in [1.54, 1.807) is 29.8 Å². The maximum atomic E-state index is 11.9. The maximum absolute atomic E-state index is 11.9. The van der Waals surface area contributed by atoms with Crippen molar-refractivity contribution in [1.82, 2.24) is 9.55 Å². The van der Waals surface area contributed by atoms with E-state index in [1.807, 2.05) is 0 Å². The molecule has 1 aliphatic carbocycles. The molecule has 0 aliphatic heterocycles. The first kappa shape index (κ1) is 12.9. The van der Waals surface area contributed by atoms with E-state index in [0.717, 1.165) is 5.52 Å². The van der Waals surface area contributed by atoms with Crippen LogP contribution in [0.1, 0.15) is 6.42 Å². The monoisotopic (exact) mass is 294 g/mol. The van der Waals surface area contributed by atoms with Crippen LogP contribution in [0.15, 0.2) is 18.2 Å². The van der Waals surface area contributed by atoms with Crippen molar-refractivity contribution in [2.24, 2.45) is 13.0 Å². The van der Waals surface area contributed by atoms with Crippen molar-refractivity contribution in [3.63, 3.8) is 0 Å². The molecular formula is C12H11ClN4O3. The van der Waals surface area contributed by atoms with Crippen LogP contribution >= 0.6 is 11.6 Å². The molecule has 1 aromatic carbocycles. The van der Waals surface area contributed by atoms with Crippen LogP contribution in [0, 0.1) is 16.0 Å². The lowest BCUT2D eigenvalue weighted by Gasteiger charge is -2.03. The van der Waals surface area contributed by atoms with Crippen LogP contribution in [0.3, 0.4) is 0 Å². The molecule has 2 aromatic rings. The largest absolute Gasteiger partial charge is 0.313 e. The SMILES string of the molecule is Cn1c(NC(=O)[C@H]2C[C@@H]2[N+](=O)[O-])nc2cc(Cl)ccc21. The second-order valence-electron chi connectivity index (χ2n) is 4.81. The highest BCUT2D eigenvalue weighted by Gasteiger charge is 2.53. The number of aromatic nitrogens is 2. The third-order valence-electron chi connectivity index (χ3n) is 3.44. The minimum atomic E-state index is -0.765. The van der Waals surface area contributed by atoms with Crippen molar-refractivity contribution in [3.8, 4) is 0 Å². The number of amides is 1. The highest BCUT2D eigenvalue weighted by molar-refractivity contribution is 6.31. The lowest BCUT2D eigenvalue weighted by Crippen LogP contribution is -2.20. The maximum Gasteiger partial charge on any atom is 0.237 e. The molecular weight excluding hydrogens is 284 g/mol. The fraction of sp³-hybridized carbons (Fsp3) is 0.333. The van der Waals surface area contributed by atoms with Crippen molar-refractivity contribution in [1.29, 1.82) is 0 Å². The van der Waals surface area contributed by atoms with E-state index in [-0.39, 0.29) is 12.3 Å². The number of halogens is 1. The number of nitrogens with one attached hydrogen (secondary N) is 1. The minimum Gasteiger partial charge on any atom is -0.313 e. The Bertz CT molecular complexity index is 727. The molecule has 8 heteroatoms. The number of carbonyl (C=O) groups excluding carboxylic acids is 1. The molecule has 0 spiro atoms. The molecule has 1 amide bonds.